The molecule has 2 aromatic carbocycles. The highest BCUT2D eigenvalue weighted by Gasteiger charge is 2.32. The van der Waals surface area contributed by atoms with Gasteiger partial charge in [0.1, 0.15) is 10.6 Å². The van der Waals surface area contributed by atoms with Crippen LogP contribution in [-0.4, -0.2) is 43.7 Å². The Morgan fingerprint density at radius 2 is 1.90 bits per heavy atom. The van der Waals surface area contributed by atoms with Crippen LogP contribution in [0.15, 0.2) is 60.4 Å². The van der Waals surface area contributed by atoms with Gasteiger partial charge < -0.3 is 19.7 Å². The van der Waals surface area contributed by atoms with E-state index in [1.165, 1.54) is 16.9 Å². The zero-order chi connectivity index (χ0) is 27.4. The van der Waals surface area contributed by atoms with Crippen LogP contribution in [0, 0.1) is 0 Å². The maximum atomic E-state index is 14.3. The molecule has 0 radical (unpaired) electrons. The number of ether oxygens (including phenoxy) is 2. The van der Waals surface area contributed by atoms with Crippen LogP contribution in [0.5, 0.6) is 5.75 Å². The average Bonchev–Trinajstić information content (AvgIpc) is 3.33. The van der Waals surface area contributed by atoms with E-state index in [4.69, 9.17) is 21.1 Å². The highest BCUT2D eigenvalue weighted by Crippen LogP contribution is 2.38. The van der Waals surface area contributed by atoms with Crippen LogP contribution in [0.1, 0.15) is 66.2 Å². The van der Waals surface area contributed by atoms with Gasteiger partial charge in [0.15, 0.2) is 0 Å². The monoisotopic (exact) mass is 564 g/mol. The van der Waals surface area contributed by atoms with Crippen LogP contribution in [0.3, 0.4) is 0 Å². The van der Waals surface area contributed by atoms with Gasteiger partial charge in [-0.05, 0) is 81.5 Å². The van der Waals surface area contributed by atoms with E-state index in [1.54, 1.807) is 7.11 Å². The first-order valence-electron chi connectivity index (χ1n) is 13.9. The van der Waals surface area contributed by atoms with Gasteiger partial charge in [-0.3, -0.25) is 4.79 Å². The number of nitrogens with zero attached hydrogens (tertiary/aromatic N) is 1. The minimum atomic E-state index is 0.00603. The predicted octanol–water partition coefficient (Wildman–Crippen LogP) is 7.83. The van der Waals surface area contributed by atoms with Crippen LogP contribution in [0.25, 0.3) is 15.7 Å². The second kappa shape index (κ2) is 12.6. The van der Waals surface area contributed by atoms with Crippen molar-refractivity contribution in [1.82, 2.24) is 10.2 Å². The number of methoxy groups -OCH3 is 1. The van der Waals surface area contributed by atoms with E-state index >= 15 is 0 Å². The summed E-state index contributed by atoms with van der Waals surface area (Å²) in [5, 5.41) is 4.91. The van der Waals surface area contributed by atoms with Crippen molar-refractivity contribution in [3.8, 4) is 5.75 Å². The van der Waals surface area contributed by atoms with Gasteiger partial charge in [-0.25, -0.2) is 0 Å². The first-order chi connectivity index (χ1) is 19.0. The summed E-state index contributed by atoms with van der Waals surface area (Å²) in [7, 11) is 3.74. The molecular weight excluding hydrogens is 528 g/mol. The number of rotatable bonds is 9. The molecule has 1 saturated carbocycles. The summed E-state index contributed by atoms with van der Waals surface area (Å²) in [4.78, 5) is 17.0. The van der Waals surface area contributed by atoms with Gasteiger partial charge in [-0.2, -0.15) is 0 Å². The second-order valence-electron chi connectivity index (χ2n) is 10.3. The van der Waals surface area contributed by atoms with Crippen LogP contribution in [-0.2, 0) is 11.3 Å². The van der Waals surface area contributed by atoms with Crippen molar-refractivity contribution in [1.29, 1.82) is 0 Å². The number of thiophene rings is 1. The average molecular weight is 565 g/mol. The van der Waals surface area contributed by atoms with E-state index in [2.05, 4.69) is 40.6 Å². The number of fused-ring (bicyclic) bond motifs is 1. The molecule has 1 aromatic heterocycles. The van der Waals surface area contributed by atoms with Gasteiger partial charge in [-0.15, -0.1) is 11.3 Å². The standard InChI is InChI=1S/C32H37ClN2O3S/c1-4-38-28-18-11-22(21-9-16-26(37-3)17-10-21)19-23(28)20-35(25-14-12-24(34-2)13-15-25)32(36)31-30(33)27-7-5-6-8-29(27)39-31/h5-9,11,16,18-19,24-25,34H,4,10,12-15,17,20H2,1-3H3. The topological polar surface area (TPSA) is 50.8 Å². The molecule has 5 nitrogen and oxygen atoms in total. The van der Waals surface area contributed by atoms with Crippen molar-refractivity contribution in [2.24, 2.45) is 0 Å². The van der Waals surface area contributed by atoms with E-state index in [1.807, 2.05) is 38.2 Å². The van der Waals surface area contributed by atoms with E-state index in [0.29, 0.717) is 29.1 Å². The molecule has 0 bridgehead atoms. The summed E-state index contributed by atoms with van der Waals surface area (Å²) >= 11 is 8.31. The number of carbonyl (C=O) groups is 1. The first kappa shape index (κ1) is 27.8. The lowest BCUT2D eigenvalue weighted by atomic mass is 9.89. The molecule has 1 amide bonds. The van der Waals surface area contributed by atoms with Crippen molar-refractivity contribution < 1.29 is 14.3 Å². The number of nitrogens with one attached hydrogen (secondary N) is 1. The molecule has 7 heteroatoms. The second-order valence-corrected chi connectivity index (χ2v) is 11.7. The van der Waals surface area contributed by atoms with Gasteiger partial charge in [0.05, 0.1) is 24.5 Å². The summed E-state index contributed by atoms with van der Waals surface area (Å²) in [6.07, 6.45) is 10.00. The fraction of sp³-hybridized carbons (Fsp3) is 0.406. The van der Waals surface area contributed by atoms with Gasteiger partial charge in [0, 0.05) is 40.7 Å². The summed E-state index contributed by atoms with van der Waals surface area (Å²) < 4.78 is 12.5. The molecule has 0 unspecified atom stereocenters. The molecule has 0 aliphatic heterocycles. The Hall–Kier alpha value is -2.80. The van der Waals surface area contributed by atoms with Gasteiger partial charge in [0.25, 0.3) is 5.91 Å². The van der Waals surface area contributed by atoms with Crippen LogP contribution in [0.4, 0.5) is 0 Å². The van der Waals surface area contributed by atoms with Crippen molar-refractivity contribution in [3.05, 3.63) is 81.4 Å². The molecule has 0 saturated heterocycles. The Morgan fingerprint density at radius 3 is 2.56 bits per heavy atom. The third kappa shape index (κ3) is 6.03. The Morgan fingerprint density at radius 1 is 1.10 bits per heavy atom. The number of hydrogen-bond donors (Lipinski definition) is 1. The number of halogens is 1. The maximum Gasteiger partial charge on any atom is 0.266 e. The molecule has 2 aliphatic rings. The SMILES string of the molecule is CCOc1ccc(C2=CC=C(OC)CC2)cc1CN(C(=O)c1sc2ccccc2c1Cl)C1CCC(NC)CC1. The minimum absolute atomic E-state index is 0.00603. The van der Waals surface area contributed by atoms with Crippen LogP contribution < -0.4 is 10.1 Å². The Labute approximate surface area is 240 Å². The molecule has 1 N–H and O–H groups in total. The molecule has 0 spiro atoms. The van der Waals surface area contributed by atoms with E-state index in [9.17, 15) is 4.79 Å². The van der Waals surface area contributed by atoms with Gasteiger partial charge in [0.2, 0.25) is 0 Å². The van der Waals surface area contributed by atoms with Crippen molar-refractivity contribution in [2.45, 2.75) is 64.1 Å². The largest absolute Gasteiger partial charge is 0.501 e. The molecule has 206 valence electrons. The van der Waals surface area contributed by atoms with Crippen LogP contribution in [0.2, 0.25) is 5.02 Å². The quantitative estimate of drug-likeness (QED) is 0.288. The fourth-order valence-corrected chi connectivity index (χ4v) is 7.20. The molecule has 39 heavy (non-hydrogen) atoms. The first-order valence-corrected chi connectivity index (χ1v) is 15.1. The lowest BCUT2D eigenvalue weighted by Crippen LogP contribution is -2.44. The lowest BCUT2D eigenvalue weighted by Gasteiger charge is -2.37. The molecule has 0 atom stereocenters. The molecule has 2 aliphatic carbocycles. The van der Waals surface area contributed by atoms with E-state index < -0.39 is 0 Å². The number of allylic oxidation sites excluding steroid dienone is 4. The number of hydrogen-bond acceptors (Lipinski definition) is 5. The van der Waals surface area contributed by atoms with Crippen LogP contribution >= 0.6 is 22.9 Å². The summed E-state index contributed by atoms with van der Waals surface area (Å²) in [6, 6.07) is 15.0. The summed E-state index contributed by atoms with van der Waals surface area (Å²) in [6.45, 7) is 3.05. The molecule has 1 fully saturated rings. The van der Waals surface area contributed by atoms with Gasteiger partial charge >= 0.3 is 0 Å². The molecular formula is C32H37ClN2O3S. The lowest BCUT2D eigenvalue weighted by molar-refractivity contribution is 0.0604. The third-order valence-electron chi connectivity index (χ3n) is 7.98. The number of carbonyl (C=O) groups excluding carboxylic acids is 1. The minimum Gasteiger partial charge on any atom is -0.501 e. The van der Waals surface area contributed by atoms with Crippen molar-refractivity contribution >= 4 is 44.5 Å². The molecule has 1 heterocycles. The van der Waals surface area contributed by atoms with E-state index in [0.717, 1.165) is 71.2 Å². The van der Waals surface area contributed by atoms with Crippen molar-refractivity contribution in [3.63, 3.8) is 0 Å². The Balaban J connectivity index is 1.51. The molecule has 5 rings (SSSR count). The smallest absolute Gasteiger partial charge is 0.266 e. The summed E-state index contributed by atoms with van der Waals surface area (Å²) in [5.74, 6) is 1.83. The number of benzene rings is 2. The summed E-state index contributed by atoms with van der Waals surface area (Å²) in [5.41, 5.74) is 3.45. The Bertz CT molecular complexity index is 1390. The highest BCUT2D eigenvalue weighted by atomic mass is 35.5. The maximum absolute atomic E-state index is 14.3. The zero-order valence-electron chi connectivity index (χ0n) is 23.0. The predicted molar refractivity (Wildman–Crippen MR) is 162 cm³/mol. The van der Waals surface area contributed by atoms with Gasteiger partial charge in [-0.1, -0.05) is 41.9 Å². The highest BCUT2D eigenvalue weighted by molar-refractivity contribution is 7.21. The van der Waals surface area contributed by atoms with Crippen molar-refractivity contribution in [2.75, 3.05) is 20.8 Å². The molecule has 3 aromatic rings. The Kier molecular flexibility index (Phi) is 8.96. The normalized spacial score (nSPS) is 19.4. The third-order valence-corrected chi connectivity index (χ3v) is 9.64. The van der Waals surface area contributed by atoms with E-state index in [-0.39, 0.29) is 11.9 Å². The fourth-order valence-electron chi connectivity index (χ4n) is 5.74. The number of amides is 1. The zero-order valence-corrected chi connectivity index (χ0v) is 24.5.